The van der Waals surface area contributed by atoms with Crippen LogP contribution in [0.15, 0.2) is 30.3 Å². The van der Waals surface area contributed by atoms with Gasteiger partial charge in [-0.3, -0.25) is 0 Å². The molecule has 4 aliphatic carbocycles. The Morgan fingerprint density at radius 1 is 1.00 bits per heavy atom. The predicted octanol–water partition coefficient (Wildman–Crippen LogP) is 4.32. The van der Waals surface area contributed by atoms with Crippen LogP contribution < -0.4 is 10.2 Å². The van der Waals surface area contributed by atoms with Crippen LogP contribution >= 0.6 is 11.5 Å². The highest BCUT2D eigenvalue weighted by atomic mass is 32.1. The summed E-state index contributed by atoms with van der Waals surface area (Å²) < 4.78 is 4.59. The molecule has 1 aromatic heterocycles. The zero-order valence-corrected chi connectivity index (χ0v) is 19.5. The Balaban J connectivity index is 1.06. The Kier molecular flexibility index (Phi) is 5.32. The molecule has 7 heteroatoms. The summed E-state index contributed by atoms with van der Waals surface area (Å²) in [6, 6.07) is 10.5. The van der Waals surface area contributed by atoms with Crippen LogP contribution in [-0.4, -0.2) is 52.0 Å². The predicted molar refractivity (Wildman–Crippen MR) is 127 cm³/mol. The van der Waals surface area contributed by atoms with Gasteiger partial charge in [-0.15, -0.1) is 0 Å². The Labute approximate surface area is 194 Å². The third kappa shape index (κ3) is 4.12. The summed E-state index contributed by atoms with van der Waals surface area (Å²) in [5.41, 5.74) is 1.32. The first-order valence-electron chi connectivity index (χ1n) is 12.3. The normalized spacial score (nSPS) is 31.6. The van der Waals surface area contributed by atoms with Crippen LogP contribution in [-0.2, 0) is 6.42 Å². The van der Waals surface area contributed by atoms with Gasteiger partial charge in [0, 0.05) is 49.7 Å². The maximum absolute atomic E-state index is 13.3. The number of benzene rings is 1. The lowest BCUT2D eigenvalue weighted by atomic mass is 9.53. The van der Waals surface area contributed by atoms with E-state index >= 15 is 0 Å². The van der Waals surface area contributed by atoms with Crippen molar-refractivity contribution < 1.29 is 4.79 Å². The molecule has 1 aliphatic heterocycles. The van der Waals surface area contributed by atoms with E-state index in [0.29, 0.717) is 0 Å². The first-order valence-corrected chi connectivity index (χ1v) is 13.1. The first kappa shape index (κ1) is 20.5. The molecule has 4 saturated carbocycles. The van der Waals surface area contributed by atoms with E-state index in [1.165, 1.54) is 55.6 Å². The molecule has 2 amide bonds. The van der Waals surface area contributed by atoms with Gasteiger partial charge in [-0.25, -0.2) is 9.78 Å². The second-order valence-corrected chi connectivity index (χ2v) is 11.3. The molecule has 1 N–H and O–H groups in total. The molecule has 1 saturated heterocycles. The van der Waals surface area contributed by atoms with E-state index in [1.54, 1.807) is 0 Å². The number of anilines is 1. The zero-order chi connectivity index (χ0) is 21.5. The molecule has 4 bridgehead atoms. The number of rotatable bonds is 4. The minimum Gasteiger partial charge on any atom is -0.345 e. The average Bonchev–Trinajstić information content (AvgIpc) is 3.08. The fraction of sp³-hybridized carbons (Fsp3) is 0.640. The molecule has 6 nitrogen and oxygen atoms in total. The summed E-state index contributed by atoms with van der Waals surface area (Å²) in [4.78, 5) is 22.4. The summed E-state index contributed by atoms with van der Waals surface area (Å²) >= 11 is 1.48. The number of aromatic nitrogens is 2. The molecule has 7 rings (SSSR count). The van der Waals surface area contributed by atoms with Gasteiger partial charge < -0.3 is 15.1 Å². The van der Waals surface area contributed by atoms with Crippen molar-refractivity contribution >= 4 is 22.7 Å². The molecule has 1 aromatic carbocycles. The van der Waals surface area contributed by atoms with Crippen molar-refractivity contribution in [2.24, 2.45) is 17.8 Å². The van der Waals surface area contributed by atoms with Crippen LogP contribution in [0.25, 0.3) is 0 Å². The molecule has 32 heavy (non-hydrogen) atoms. The standard InChI is InChI=1S/C25H33N5OS/c31-23(27-25-15-19-11-20(16-25)13-21(12-19)17-25)29-7-4-8-30(10-9-29)24-26-22(28-32-24)14-18-5-2-1-3-6-18/h1-3,5-6,19-21H,4,7-17H2,(H,27,31). The number of nitrogens with one attached hydrogen (secondary N) is 1. The van der Waals surface area contributed by atoms with Crippen LogP contribution in [0.5, 0.6) is 0 Å². The number of hydrogen-bond donors (Lipinski definition) is 1. The van der Waals surface area contributed by atoms with Crippen LogP contribution in [0.4, 0.5) is 9.93 Å². The molecule has 0 radical (unpaired) electrons. The summed E-state index contributed by atoms with van der Waals surface area (Å²) in [5.74, 6) is 3.44. The van der Waals surface area contributed by atoms with E-state index < -0.39 is 0 Å². The second kappa shape index (κ2) is 8.32. The van der Waals surface area contributed by atoms with Gasteiger partial charge in [0.1, 0.15) is 5.82 Å². The van der Waals surface area contributed by atoms with Gasteiger partial charge in [-0.2, -0.15) is 4.37 Å². The summed E-state index contributed by atoms with van der Waals surface area (Å²) in [6.07, 6.45) is 9.58. The van der Waals surface area contributed by atoms with Crippen molar-refractivity contribution in [1.29, 1.82) is 0 Å². The highest BCUT2D eigenvalue weighted by Crippen LogP contribution is 2.55. The lowest BCUT2D eigenvalue weighted by Gasteiger charge is -2.57. The molecule has 0 spiro atoms. The number of urea groups is 1. The number of nitrogens with zero attached hydrogens (tertiary/aromatic N) is 4. The Morgan fingerprint density at radius 3 is 2.44 bits per heavy atom. The van der Waals surface area contributed by atoms with E-state index in [9.17, 15) is 4.79 Å². The third-order valence-electron chi connectivity index (χ3n) is 8.13. The largest absolute Gasteiger partial charge is 0.345 e. The molecule has 170 valence electrons. The van der Waals surface area contributed by atoms with E-state index in [1.807, 2.05) is 11.0 Å². The quantitative estimate of drug-likeness (QED) is 0.752. The van der Waals surface area contributed by atoms with E-state index in [0.717, 1.165) is 67.7 Å². The molecule has 0 unspecified atom stereocenters. The number of carbonyl (C=O) groups excluding carboxylic acids is 1. The maximum atomic E-state index is 13.3. The summed E-state index contributed by atoms with van der Waals surface area (Å²) in [5, 5.41) is 4.54. The fourth-order valence-corrected chi connectivity index (χ4v) is 7.84. The minimum atomic E-state index is 0.0867. The summed E-state index contributed by atoms with van der Waals surface area (Å²) in [6.45, 7) is 3.34. The van der Waals surface area contributed by atoms with Crippen molar-refractivity contribution in [3.8, 4) is 0 Å². The van der Waals surface area contributed by atoms with Crippen molar-refractivity contribution in [3.05, 3.63) is 41.7 Å². The molecule has 5 fully saturated rings. The average molecular weight is 452 g/mol. The third-order valence-corrected chi connectivity index (χ3v) is 8.94. The van der Waals surface area contributed by atoms with Crippen LogP contribution in [0, 0.1) is 17.8 Å². The first-order chi connectivity index (χ1) is 15.6. The molecule has 2 heterocycles. The van der Waals surface area contributed by atoms with Crippen LogP contribution in [0.2, 0.25) is 0 Å². The number of amides is 2. The van der Waals surface area contributed by atoms with Crippen LogP contribution in [0.1, 0.15) is 56.3 Å². The molecule has 0 atom stereocenters. The SMILES string of the molecule is O=C(NC12CC3CC(CC(C3)C1)C2)N1CCCN(c2nc(Cc3ccccc3)ns2)CC1. The van der Waals surface area contributed by atoms with Gasteiger partial charge >= 0.3 is 6.03 Å². The van der Waals surface area contributed by atoms with Crippen molar-refractivity contribution in [2.75, 3.05) is 31.1 Å². The van der Waals surface area contributed by atoms with Gasteiger partial charge in [0.2, 0.25) is 5.13 Å². The highest BCUT2D eigenvalue weighted by molar-refractivity contribution is 7.09. The van der Waals surface area contributed by atoms with Gasteiger partial charge in [0.25, 0.3) is 0 Å². The van der Waals surface area contributed by atoms with E-state index in [2.05, 4.69) is 38.9 Å². The van der Waals surface area contributed by atoms with Gasteiger partial charge in [0.15, 0.2) is 0 Å². The van der Waals surface area contributed by atoms with Gasteiger partial charge in [-0.05, 0) is 68.3 Å². The zero-order valence-electron chi connectivity index (χ0n) is 18.7. The monoisotopic (exact) mass is 451 g/mol. The molecule has 2 aromatic rings. The minimum absolute atomic E-state index is 0.0867. The molecule has 5 aliphatic rings. The van der Waals surface area contributed by atoms with Crippen LogP contribution in [0.3, 0.4) is 0 Å². The van der Waals surface area contributed by atoms with Gasteiger partial charge in [0.05, 0.1) is 0 Å². The van der Waals surface area contributed by atoms with Crippen molar-refractivity contribution in [1.82, 2.24) is 19.6 Å². The Hall–Kier alpha value is -2.15. The van der Waals surface area contributed by atoms with E-state index in [-0.39, 0.29) is 11.6 Å². The number of hydrogen-bond acceptors (Lipinski definition) is 5. The summed E-state index contributed by atoms with van der Waals surface area (Å²) in [7, 11) is 0. The fourth-order valence-electron chi connectivity index (χ4n) is 7.10. The maximum Gasteiger partial charge on any atom is 0.317 e. The molecular formula is C25H33N5OS. The lowest BCUT2D eigenvalue weighted by Crippen LogP contribution is -2.62. The lowest BCUT2D eigenvalue weighted by molar-refractivity contribution is -0.0155. The number of carbonyl (C=O) groups is 1. The molecular weight excluding hydrogens is 418 g/mol. The van der Waals surface area contributed by atoms with Crippen molar-refractivity contribution in [2.45, 2.75) is 56.9 Å². The van der Waals surface area contributed by atoms with Gasteiger partial charge in [-0.1, -0.05) is 30.3 Å². The Bertz CT molecular complexity index is 925. The smallest absolute Gasteiger partial charge is 0.317 e. The van der Waals surface area contributed by atoms with Crippen molar-refractivity contribution in [3.63, 3.8) is 0 Å². The highest BCUT2D eigenvalue weighted by Gasteiger charge is 2.51. The second-order valence-electron chi connectivity index (χ2n) is 10.6. The topological polar surface area (TPSA) is 61.4 Å². The Morgan fingerprint density at radius 2 is 1.72 bits per heavy atom. The van der Waals surface area contributed by atoms with E-state index in [4.69, 9.17) is 4.98 Å².